The number of likely N-dealkylation sites (N-methyl/N-ethyl adjacent to an activating group) is 2. The van der Waals surface area contributed by atoms with Crippen LogP contribution in [0, 0.1) is 0 Å². The lowest BCUT2D eigenvalue weighted by Crippen LogP contribution is -2.41. The van der Waals surface area contributed by atoms with Gasteiger partial charge in [0.25, 0.3) is 0 Å². The largest absolute Gasteiger partial charge is 0.497 e. The molecule has 30 heavy (non-hydrogen) atoms. The molecule has 0 heterocycles. The predicted octanol–water partition coefficient (Wildman–Crippen LogP) is 3.42. The number of nitrogens with zero attached hydrogens (tertiary/aromatic N) is 2. The summed E-state index contributed by atoms with van der Waals surface area (Å²) in [4.78, 5) is 14.2. The summed E-state index contributed by atoms with van der Waals surface area (Å²) in [7, 11) is -0.662. The fraction of sp³-hybridized carbons (Fsp3) is 0.381. The van der Waals surface area contributed by atoms with Gasteiger partial charge in [0.05, 0.1) is 30.2 Å². The molecule has 0 unspecified atom stereocenters. The van der Waals surface area contributed by atoms with Gasteiger partial charge in [-0.3, -0.25) is 4.79 Å². The smallest absolute Gasteiger partial charge is 0.243 e. The van der Waals surface area contributed by atoms with Crippen molar-refractivity contribution in [3.8, 4) is 11.5 Å². The topological polar surface area (TPSA) is 76.2 Å². The maximum Gasteiger partial charge on any atom is 0.243 e. The van der Waals surface area contributed by atoms with Crippen LogP contribution in [0.15, 0.2) is 47.4 Å². The molecule has 0 aliphatic heterocycles. The number of carbonyl (C=O) groups is 1. The van der Waals surface area contributed by atoms with E-state index in [2.05, 4.69) is 0 Å². The van der Waals surface area contributed by atoms with Crippen LogP contribution in [0.1, 0.15) is 19.4 Å². The summed E-state index contributed by atoms with van der Waals surface area (Å²) in [5.74, 6) is 0.828. The quantitative estimate of drug-likeness (QED) is 0.549. The summed E-state index contributed by atoms with van der Waals surface area (Å²) in [6.45, 7) is 4.15. The zero-order valence-corrected chi connectivity index (χ0v) is 19.2. The molecule has 0 atom stereocenters. The first-order valence-electron chi connectivity index (χ1n) is 9.52. The molecule has 2 aromatic rings. The number of amides is 1. The first-order valence-corrected chi connectivity index (χ1v) is 11.3. The number of rotatable bonds is 10. The summed E-state index contributed by atoms with van der Waals surface area (Å²) in [6.07, 6.45) is 0. The second-order valence-corrected chi connectivity index (χ2v) is 8.90. The Morgan fingerprint density at radius 3 is 2.30 bits per heavy atom. The van der Waals surface area contributed by atoms with E-state index in [1.807, 2.05) is 31.2 Å². The number of ether oxygens (including phenoxy) is 2. The van der Waals surface area contributed by atoms with Gasteiger partial charge in [-0.2, -0.15) is 4.31 Å². The average molecular weight is 455 g/mol. The minimum Gasteiger partial charge on any atom is -0.497 e. The summed E-state index contributed by atoms with van der Waals surface area (Å²) < 4.78 is 37.6. The predicted molar refractivity (Wildman–Crippen MR) is 117 cm³/mol. The van der Waals surface area contributed by atoms with Crippen LogP contribution in [0.3, 0.4) is 0 Å². The van der Waals surface area contributed by atoms with E-state index in [9.17, 15) is 13.2 Å². The van der Waals surface area contributed by atoms with Crippen LogP contribution < -0.4 is 9.47 Å². The van der Waals surface area contributed by atoms with Crippen LogP contribution in [0.5, 0.6) is 11.5 Å². The summed E-state index contributed by atoms with van der Waals surface area (Å²) in [5.41, 5.74) is 0.913. The Morgan fingerprint density at radius 1 is 1.10 bits per heavy atom. The molecular formula is C21H27ClN2O5S. The Morgan fingerprint density at radius 2 is 1.77 bits per heavy atom. The normalized spacial score (nSPS) is 11.4. The van der Waals surface area contributed by atoms with Gasteiger partial charge in [-0.15, -0.1) is 0 Å². The van der Waals surface area contributed by atoms with E-state index < -0.39 is 10.0 Å². The van der Waals surface area contributed by atoms with Crippen LogP contribution >= 0.6 is 11.6 Å². The lowest BCUT2D eigenvalue weighted by molar-refractivity contribution is -0.130. The third-order valence-corrected chi connectivity index (χ3v) is 6.72. The van der Waals surface area contributed by atoms with Gasteiger partial charge < -0.3 is 14.4 Å². The fourth-order valence-corrected chi connectivity index (χ4v) is 4.52. The molecule has 2 aromatic carbocycles. The average Bonchev–Trinajstić information content (AvgIpc) is 2.73. The summed E-state index contributed by atoms with van der Waals surface area (Å²) >= 11 is 6.14. The zero-order chi connectivity index (χ0) is 22.3. The van der Waals surface area contributed by atoms with Crippen molar-refractivity contribution in [2.45, 2.75) is 25.3 Å². The highest BCUT2D eigenvalue weighted by Crippen LogP contribution is 2.28. The minimum atomic E-state index is -3.89. The molecule has 0 fully saturated rings. The highest BCUT2D eigenvalue weighted by atomic mass is 35.5. The van der Waals surface area contributed by atoms with Crippen LogP contribution in [0.25, 0.3) is 0 Å². The molecule has 0 saturated carbocycles. The molecule has 0 saturated heterocycles. The number of carbonyl (C=O) groups excluding carboxylic acids is 1. The summed E-state index contributed by atoms with van der Waals surface area (Å²) in [5, 5.41) is 0.205. The number of sulfonamides is 1. The van der Waals surface area contributed by atoms with Gasteiger partial charge in [-0.1, -0.05) is 30.7 Å². The number of halogens is 1. The molecule has 2 rings (SSSR count). The maximum absolute atomic E-state index is 13.0. The van der Waals surface area contributed by atoms with Gasteiger partial charge >= 0.3 is 0 Å². The number of hydrogen-bond donors (Lipinski definition) is 0. The number of methoxy groups -OCH3 is 1. The number of hydrogen-bond acceptors (Lipinski definition) is 5. The Bertz CT molecular complexity index is 964. The highest BCUT2D eigenvalue weighted by molar-refractivity contribution is 7.89. The van der Waals surface area contributed by atoms with Crippen LogP contribution in [-0.2, 0) is 21.4 Å². The third-order valence-electron chi connectivity index (χ3n) is 4.51. The van der Waals surface area contributed by atoms with Crippen molar-refractivity contribution in [2.24, 2.45) is 0 Å². The molecule has 0 aliphatic carbocycles. The molecule has 7 nitrogen and oxygen atoms in total. The van der Waals surface area contributed by atoms with Crippen molar-refractivity contribution >= 4 is 27.5 Å². The van der Waals surface area contributed by atoms with Gasteiger partial charge in [-0.05, 0) is 42.8 Å². The van der Waals surface area contributed by atoms with Gasteiger partial charge in [0, 0.05) is 20.1 Å². The second-order valence-electron chi connectivity index (χ2n) is 6.55. The van der Waals surface area contributed by atoms with E-state index in [4.69, 9.17) is 21.1 Å². The Balaban J connectivity index is 2.11. The van der Waals surface area contributed by atoms with Crippen molar-refractivity contribution in [1.82, 2.24) is 9.21 Å². The van der Waals surface area contributed by atoms with Gasteiger partial charge in [0.15, 0.2) is 0 Å². The Kier molecular flexibility index (Phi) is 8.52. The molecular weight excluding hydrogens is 428 g/mol. The number of benzene rings is 2. The van der Waals surface area contributed by atoms with Gasteiger partial charge in [-0.25, -0.2) is 8.42 Å². The summed E-state index contributed by atoms with van der Waals surface area (Å²) in [6, 6.07) is 11.6. The first kappa shape index (κ1) is 24.0. The standard InChI is InChI=1S/C21H27ClN2O5S/c1-5-24(30(26,27)18-11-12-20(29-6-2)19(22)13-18)15-21(25)23(3)14-16-7-9-17(28-4)10-8-16/h7-13H,5-6,14-15H2,1-4H3. The SMILES string of the molecule is CCOc1ccc(S(=O)(=O)N(CC)CC(=O)N(C)Cc2ccc(OC)cc2)cc1Cl. The van der Waals surface area contributed by atoms with E-state index in [0.29, 0.717) is 18.9 Å². The first-order chi connectivity index (χ1) is 14.2. The third kappa shape index (κ3) is 5.87. The second kappa shape index (κ2) is 10.7. The van der Waals surface area contributed by atoms with E-state index in [-0.39, 0.29) is 28.9 Å². The molecule has 0 aromatic heterocycles. The van der Waals surface area contributed by atoms with Crippen molar-refractivity contribution in [2.75, 3.05) is 33.9 Å². The van der Waals surface area contributed by atoms with Crippen LogP contribution in [-0.4, -0.2) is 57.4 Å². The molecule has 0 bridgehead atoms. The lowest BCUT2D eigenvalue weighted by atomic mass is 10.2. The zero-order valence-electron chi connectivity index (χ0n) is 17.6. The van der Waals surface area contributed by atoms with Crippen molar-refractivity contribution in [3.05, 3.63) is 53.1 Å². The van der Waals surface area contributed by atoms with Gasteiger partial charge in [0.1, 0.15) is 11.5 Å². The fourth-order valence-electron chi connectivity index (χ4n) is 2.79. The van der Waals surface area contributed by atoms with E-state index >= 15 is 0 Å². The van der Waals surface area contributed by atoms with Crippen molar-refractivity contribution in [1.29, 1.82) is 0 Å². The minimum absolute atomic E-state index is 0.0170. The van der Waals surface area contributed by atoms with Gasteiger partial charge in [0.2, 0.25) is 15.9 Å². The van der Waals surface area contributed by atoms with E-state index in [1.165, 1.54) is 23.1 Å². The molecule has 0 aliphatic rings. The Labute approximate surface area is 183 Å². The van der Waals surface area contributed by atoms with E-state index in [1.54, 1.807) is 21.1 Å². The van der Waals surface area contributed by atoms with E-state index in [0.717, 1.165) is 15.6 Å². The lowest BCUT2D eigenvalue weighted by Gasteiger charge is -2.24. The Hall–Kier alpha value is -2.29. The van der Waals surface area contributed by atoms with Crippen molar-refractivity contribution in [3.63, 3.8) is 0 Å². The van der Waals surface area contributed by atoms with Crippen LogP contribution in [0.2, 0.25) is 5.02 Å². The monoisotopic (exact) mass is 454 g/mol. The molecule has 0 spiro atoms. The molecule has 164 valence electrons. The molecule has 9 heteroatoms. The molecule has 1 amide bonds. The van der Waals surface area contributed by atoms with Crippen LogP contribution in [0.4, 0.5) is 0 Å². The van der Waals surface area contributed by atoms with Crippen molar-refractivity contribution < 1.29 is 22.7 Å². The molecule has 0 radical (unpaired) electrons. The maximum atomic E-state index is 13.0. The molecule has 0 N–H and O–H groups in total. The highest BCUT2D eigenvalue weighted by Gasteiger charge is 2.27.